The average molecular weight is 342 g/mol. The predicted octanol–water partition coefficient (Wildman–Crippen LogP) is 5.12. The van der Waals surface area contributed by atoms with Gasteiger partial charge >= 0.3 is 0 Å². The van der Waals surface area contributed by atoms with Crippen LogP contribution in [0.25, 0.3) is 0 Å². The Balaban J connectivity index is 2.51. The van der Waals surface area contributed by atoms with Gasteiger partial charge in [-0.25, -0.2) is 0 Å². The molecule has 0 bridgehead atoms. The molecule has 0 amide bonds. The number of ether oxygens (including phenoxy) is 1. The summed E-state index contributed by atoms with van der Waals surface area (Å²) in [6, 6.07) is 6.84. The van der Waals surface area contributed by atoms with Gasteiger partial charge < -0.3 is 10.1 Å². The van der Waals surface area contributed by atoms with Gasteiger partial charge in [0.15, 0.2) is 0 Å². The fourth-order valence-electron chi connectivity index (χ4n) is 2.13. The van der Waals surface area contributed by atoms with Gasteiger partial charge in [0.1, 0.15) is 5.75 Å². The van der Waals surface area contributed by atoms with Crippen LogP contribution in [0.2, 0.25) is 0 Å². The van der Waals surface area contributed by atoms with E-state index in [1.54, 1.807) is 0 Å². The summed E-state index contributed by atoms with van der Waals surface area (Å²) in [5.74, 6) is 1.49. The topological polar surface area (TPSA) is 21.3 Å². The van der Waals surface area contributed by atoms with E-state index >= 15 is 0 Å². The molecule has 0 saturated carbocycles. The molecule has 0 aromatic heterocycles. The molecule has 20 heavy (non-hydrogen) atoms. The van der Waals surface area contributed by atoms with E-state index < -0.39 is 0 Å². The first-order valence-electron chi connectivity index (χ1n) is 7.59. The van der Waals surface area contributed by atoms with Gasteiger partial charge in [-0.3, -0.25) is 0 Å². The third-order valence-corrected chi connectivity index (χ3v) is 3.76. The number of nitrogens with one attached hydrogen (secondary N) is 1. The molecule has 0 heterocycles. The van der Waals surface area contributed by atoms with Crippen LogP contribution in [-0.4, -0.2) is 18.7 Å². The largest absolute Gasteiger partial charge is 0.490 e. The maximum absolute atomic E-state index is 6.12. The molecule has 3 heteroatoms. The van der Waals surface area contributed by atoms with Crippen molar-refractivity contribution in [2.75, 3.05) is 6.54 Å². The van der Waals surface area contributed by atoms with Crippen LogP contribution in [0.1, 0.15) is 58.9 Å². The lowest BCUT2D eigenvalue weighted by atomic mass is 10.0. The second-order valence-corrected chi connectivity index (χ2v) is 6.93. The number of benzene rings is 1. The molecule has 1 N–H and O–H groups in total. The lowest BCUT2D eigenvalue weighted by Crippen LogP contribution is -2.25. The molecule has 0 radical (unpaired) electrons. The van der Waals surface area contributed by atoms with Crippen molar-refractivity contribution in [2.45, 2.75) is 65.5 Å². The molecule has 0 aliphatic heterocycles. The Kier molecular flexibility index (Phi) is 7.60. The number of rotatable bonds is 8. The standard InChI is InChI=1S/C17H28BrNO/c1-12(2)16-11-15(18)8-9-17(16)20-14(5)7-6-10-19-13(3)4/h8-9,11-14,19H,6-7,10H2,1-5H3. The highest BCUT2D eigenvalue weighted by Gasteiger charge is 2.11. The van der Waals surface area contributed by atoms with Crippen molar-refractivity contribution in [3.05, 3.63) is 28.2 Å². The van der Waals surface area contributed by atoms with E-state index in [0.29, 0.717) is 12.0 Å². The molecule has 0 saturated heterocycles. The SMILES string of the molecule is CC(C)NCCCC(C)Oc1ccc(Br)cc1C(C)C. The lowest BCUT2D eigenvalue weighted by molar-refractivity contribution is 0.204. The van der Waals surface area contributed by atoms with Crippen molar-refractivity contribution in [1.29, 1.82) is 0 Å². The third kappa shape index (κ3) is 6.27. The quantitative estimate of drug-likeness (QED) is 0.662. The second-order valence-electron chi connectivity index (χ2n) is 6.02. The van der Waals surface area contributed by atoms with Gasteiger partial charge in [-0.2, -0.15) is 0 Å². The minimum absolute atomic E-state index is 0.252. The summed E-state index contributed by atoms with van der Waals surface area (Å²) in [7, 11) is 0. The zero-order valence-corrected chi connectivity index (χ0v) is 15.0. The van der Waals surface area contributed by atoms with Crippen molar-refractivity contribution < 1.29 is 4.74 Å². The van der Waals surface area contributed by atoms with E-state index in [9.17, 15) is 0 Å². The van der Waals surface area contributed by atoms with Gasteiger partial charge in [0, 0.05) is 10.5 Å². The highest BCUT2D eigenvalue weighted by molar-refractivity contribution is 9.10. The molecule has 0 spiro atoms. The third-order valence-electron chi connectivity index (χ3n) is 3.26. The highest BCUT2D eigenvalue weighted by Crippen LogP contribution is 2.30. The molecule has 0 aliphatic rings. The zero-order valence-electron chi connectivity index (χ0n) is 13.4. The van der Waals surface area contributed by atoms with E-state index in [1.165, 1.54) is 5.56 Å². The van der Waals surface area contributed by atoms with Crippen LogP contribution in [0.5, 0.6) is 5.75 Å². The lowest BCUT2D eigenvalue weighted by Gasteiger charge is -2.19. The van der Waals surface area contributed by atoms with Crippen molar-refractivity contribution >= 4 is 15.9 Å². The fraction of sp³-hybridized carbons (Fsp3) is 0.647. The van der Waals surface area contributed by atoms with Crippen molar-refractivity contribution in [3.8, 4) is 5.75 Å². The summed E-state index contributed by atoms with van der Waals surface area (Å²) < 4.78 is 7.23. The predicted molar refractivity (Wildman–Crippen MR) is 90.7 cm³/mol. The minimum Gasteiger partial charge on any atom is -0.490 e. The van der Waals surface area contributed by atoms with Gasteiger partial charge in [-0.1, -0.05) is 43.6 Å². The normalized spacial score (nSPS) is 13.0. The van der Waals surface area contributed by atoms with Gasteiger partial charge in [-0.15, -0.1) is 0 Å². The van der Waals surface area contributed by atoms with Gasteiger partial charge in [-0.05, 0) is 56.0 Å². The summed E-state index contributed by atoms with van der Waals surface area (Å²) in [4.78, 5) is 0. The maximum Gasteiger partial charge on any atom is 0.123 e. The Labute approximate surface area is 132 Å². The molecule has 0 fully saturated rings. The van der Waals surface area contributed by atoms with Crippen LogP contribution in [0.4, 0.5) is 0 Å². The molecule has 1 unspecified atom stereocenters. The van der Waals surface area contributed by atoms with E-state index in [1.807, 2.05) is 6.07 Å². The van der Waals surface area contributed by atoms with E-state index in [0.717, 1.165) is 29.6 Å². The second kappa shape index (κ2) is 8.68. The van der Waals surface area contributed by atoms with Crippen LogP contribution in [-0.2, 0) is 0 Å². The van der Waals surface area contributed by atoms with Crippen molar-refractivity contribution in [1.82, 2.24) is 5.32 Å². The number of halogens is 1. The monoisotopic (exact) mass is 341 g/mol. The zero-order chi connectivity index (χ0) is 15.1. The van der Waals surface area contributed by atoms with Gasteiger partial charge in [0.05, 0.1) is 6.10 Å². The summed E-state index contributed by atoms with van der Waals surface area (Å²) in [6.45, 7) is 12.0. The molecule has 114 valence electrons. The molecular weight excluding hydrogens is 314 g/mol. The van der Waals surface area contributed by atoms with Crippen LogP contribution in [0.3, 0.4) is 0 Å². The average Bonchev–Trinajstić information content (AvgIpc) is 2.36. The summed E-state index contributed by atoms with van der Waals surface area (Å²) >= 11 is 3.53. The van der Waals surface area contributed by atoms with Crippen LogP contribution in [0, 0.1) is 0 Å². The van der Waals surface area contributed by atoms with E-state index in [4.69, 9.17) is 4.74 Å². The molecule has 1 aromatic rings. The van der Waals surface area contributed by atoms with E-state index in [2.05, 4.69) is 68.0 Å². The molecule has 0 aliphatic carbocycles. The highest BCUT2D eigenvalue weighted by atomic mass is 79.9. The van der Waals surface area contributed by atoms with Crippen LogP contribution in [0.15, 0.2) is 22.7 Å². The number of hydrogen-bond donors (Lipinski definition) is 1. The molecule has 1 atom stereocenters. The molecule has 1 aromatic carbocycles. The molecule has 2 nitrogen and oxygen atoms in total. The Morgan fingerprint density at radius 2 is 1.85 bits per heavy atom. The smallest absolute Gasteiger partial charge is 0.123 e. The maximum atomic E-state index is 6.12. The first-order valence-corrected chi connectivity index (χ1v) is 8.39. The molecule has 1 rings (SSSR count). The van der Waals surface area contributed by atoms with Crippen molar-refractivity contribution in [3.63, 3.8) is 0 Å². The first kappa shape index (κ1) is 17.5. The van der Waals surface area contributed by atoms with Crippen molar-refractivity contribution in [2.24, 2.45) is 0 Å². The first-order chi connectivity index (χ1) is 9.40. The van der Waals surface area contributed by atoms with E-state index in [-0.39, 0.29) is 6.10 Å². The Bertz CT molecular complexity index is 404. The Hall–Kier alpha value is -0.540. The Morgan fingerprint density at radius 1 is 1.15 bits per heavy atom. The summed E-state index contributed by atoms with van der Waals surface area (Å²) in [5, 5.41) is 3.44. The minimum atomic E-state index is 0.252. The summed E-state index contributed by atoms with van der Waals surface area (Å²) in [5.41, 5.74) is 1.27. The van der Waals surface area contributed by atoms with Crippen LogP contribution < -0.4 is 10.1 Å². The summed E-state index contributed by atoms with van der Waals surface area (Å²) in [6.07, 6.45) is 2.47. The fourth-order valence-corrected chi connectivity index (χ4v) is 2.51. The van der Waals surface area contributed by atoms with Crippen LogP contribution >= 0.6 is 15.9 Å². The Morgan fingerprint density at radius 3 is 2.45 bits per heavy atom. The van der Waals surface area contributed by atoms with Gasteiger partial charge in [0.2, 0.25) is 0 Å². The van der Waals surface area contributed by atoms with Gasteiger partial charge in [0.25, 0.3) is 0 Å². The number of hydrogen-bond acceptors (Lipinski definition) is 2. The molecular formula is C17H28BrNO.